The van der Waals surface area contributed by atoms with Crippen molar-refractivity contribution >= 4 is 23.6 Å². The Morgan fingerprint density at radius 2 is 1.00 bits per heavy atom. The molecule has 306 valence electrons. The molecule has 0 bridgehead atoms. The lowest BCUT2D eigenvalue weighted by Gasteiger charge is -2.40. The van der Waals surface area contributed by atoms with Crippen molar-refractivity contribution in [3.63, 3.8) is 0 Å². The van der Waals surface area contributed by atoms with Gasteiger partial charge in [0.1, 0.15) is 0 Å². The second kappa shape index (κ2) is 19.8. The molecule has 56 heavy (non-hydrogen) atoms. The Kier molecular flexibility index (Phi) is 15.8. The number of amides is 4. The van der Waals surface area contributed by atoms with Crippen molar-refractivity contribution in [2.75, 3.05) is 19.6 Å². The quantitative estimate of drug-likeness (QED) is 0.0534. The molecule has 0 radical (unpaired) electrons. The van der Waals surface area contributed by atoms with Gasteiger partial charge >= 0.3 is 0 Å². The van der Waals surface area contributed by atoms with Crippen LogP contribution in [0.2, 0.25) is 0 Å². The summed E-state index contributed by atoms with van der Waals surface area (Å²) in [4.78, 5) is 52.4. The van der Waals surface area contributed by atoms with Crippen molar-refractivity contribution in [2.24, 2.45) is 5.41 Å². The molecule has 0 aromatic heterocycles. The molecule has 0 aliphatic rings. The number of nitrogens with one attached hydrogen (secondary N) is 5. The summed E-state index contributed by atoms with van der Waals surface area (Å²) < 4.78 is 0. The zero-order valence-electron chi connectivity index (χ0n) is 32.8. The smallest absolute Gasteiger partial charge is 0.255 e. The van der Waals surface area contributed by atoms with Crippen LogP contribution in [-0.4, -0.2) is 85.0 Å². The lowest BCUT2D eigenvalue weighted by atomic mass is 9.73. The van der Waals surface area contributed by atoms with Crippen molar-refractivity contribution in [3.05, 3.63) is 71.3 Å². The lowest BCUT2D eigenvalue weighted by Crippen LogP contribution is -2.56. The topological polar surface area (TPSA) is 250 Å². The van der Waals surface area contributed by atoms with Gasteiger partial charge in [0.25, 0.3) is 11.8 Å². The third kappa shape index (κ3) is 13.0. The maximum Gasteiger partial charge on any atom is 0.255 e. The number of rotatable bonds is 21. The van der Waals surface area contributed by atoms with Crippen LogP contribution in [0.5, 0.6) is 34.5 Å². The number of hydrogen-bond donors (Lipinski definition) is 11. The van der Waals surface area contributed by atoms with E-state index in [2.05, 4.69) is 26.6 Å². The summed E-state index contributed by atoms with van der Waals surface area (Å²) in [5.41, 5.74) is -2.19. The van der Waals surface area contributed by atoms with Crippen molar-refractivity contribution < 1.29 is 49.8 Å². The fourth-order valence-electron chi connectivity index (χ4n) is 7.20. The van der Waals surface area contributed by atoms with Gasteiger partial charge in [0.15, 0.2) is 34.5 Å². The second-order valence-corrected chi connectivity index (χ2v) is 15.5. The first-order chi connectivity index (χ1) is 26.3. The molecule has 0 unspecified atom stereocenters. The fourth-order valence-corrected chi connectivity index (χ4v) is 7.20. The summed E-state index contributed by atoms with van der Waals surface area (Å²) >= 11 is 0. The van der Waals surface area contributed by atoms with Crippen LogP contribution < -0.4 is 26.6 Å². The van der Waals surface area contributed by atoms with E-state index >= 15 is 0 Å². The molecule has 0 saturated heterocycles. The van der Waals surface area contributed by atoms with E-state index in [1.165, 1.54) is 49.4 Å². The number of phenols is 6. The van der Waals surface area contributed by atoms with Crippen LogP contribution in [0.15, 0.2) is 54.6 Å². The first-order valence-electron chi connectivity index (χ1n) is 18.7. The Morgan fingerprint density at radius 1 is 0.571 bits per heavy atom. The maximum absolute atomic E-state index is 14.6. The number of aromatic hydroxyl groups is 6. The standard InChI is InChI=1S/C41H57N5O10/c1-26(47)45-39(2,3)25-40(4,5)46-38(56)41(18-9-21-42-24-27-12-6-15-30(48)33(27)51,19-10-22-43-36(54)28-13-7-16-31(49)34(28)52)20-11-23-44-37(55)29-14-8-17-32(50)35(29)53/h6-8,12-17,42,48-53H,9-11,18-25H2,1-5H3,(H,43,54)(H,44,55)(H,45,47)(H,46,56). The summed E-state index contributed by atoms with van der Waals surface area (Å²) in [6.07, 6.45) is 2.53. The van der Waals surface area contributed by atoms with Crippen LogP contribution in [0.25, 0.3) is 0 Å². The lowest BCUT2D eigenvalue weighted by molar-refractivity contribution is -0.134. The van der Waals surface area contributed by atoms with Crippen LogP contribution in [0.1, 0.15) is 106 Å². The predicted octanol–water partition coefficient (Wildman–Crippen LogP) is 4.40. The Hall–Kier alpha value is -5.70. The normalized spacial score (nSPS) is 11.8. The van der Waals surface area contributed by atoms with Crippen molar-refractivity contribution in [3.8, 4) is 34.5 Å². The van der Waals surface area contributed by atoms with E-state index in [0.29, 0.717) is 57.1 Å². The minimum absolute atomic E-state index is 0.102. The number of phenolic OH excluding ortho intramolecular Hbond substituents is 6. The van der Waals surface area contributed by atoms with Gasteiger partial charge < -0.3 is 57.2 Å². The SMILES string of the molecule is CC(=O)NC(C)(C)CC(C)(C)NC(=O)C(CCCNCc1cccc(O)c1O)(CCCNC(=O)c1cccc(O)c1O)CCCNC(=O)c1cccc(O)c1O. The summed E-state index contributed by atoms with van der Waals surface area (Å²) in [5.74, 6) is -4.09. The number of benzene rings is 3. The third-order valence-corrected chi connectivity index (χ3v) is 9.51. The molecule has 11 N–H and O–H groups in total. The first kappa shape index (κ1) is 44.7. The monoisotopic (exact) mass is 779 g/mol. The van der Waals surface area contributed by atoms with E-state index in [0.717, 1.165) is 0 Å². The van der Waals surface area contributed by atoms with Gasteiger partial charge in [0.2, 0.25) is 11.8 Å². The highest BCUT2D eigenvalue weighted by molar-refractivity contribution is 5.98. The summed E-state index contributed by atoms with van der Waals surface area (Å²) in [7, 11) is 0. The summed E-state index contributed by atoms with van der Waals surface area (Å²) in [6.45, 7) is 9.84. The average Bonchev–Trinajstić information content (AvgIpc) is 3.10. The van der Waals surface area contributed by atoms with E-state index in [1.54, 1.807) is 12.1 Å². The largest absolute Gasteiger partial charge is 0.504 e. The second-order valence-electron chi connectivity index (χ2n) is 15.5. The zero-order chi connectivity index (χ0) is 41.7. The molecule has 0 saturated carbocycles. The van der Waals surface area contributed by atoms with Crippen molar-refractivity contribution in [2.45, 2.75) is 97.2 Å². The van der Waals surface area contributed by atoms with Crippen LogP contribution in [0, 0.1) is 5.41 Å². The number of para-hydroxylation sites is 3. The van der Waals surface area contributed by atoms with Crippen molar-refractivity contribution in [1.29, 1.82) is 0 Å². The van der Waals surface area contributed by atoms with Gasteiger partial charge in [-0.1, -0.05) is 24.3 Å². The molecular weight excluding hydrogens is 722 g/mol. The minimum Gasteiger partial charge on any atom is -0.504 e. The average molecular weight is 780 g/mol. The maximum atomic E-state index is 14.6. The van der Waals surface area contributed by atoms with E-state index in [1.807, 2.05) is 27.7 Å². The molecule has 0 atom stereocenters. The van der Waals surface area contributed by atoms with E-state index in [4.69, 9.17) is 0 Å². The number of hydrogen-bond acceptors (Lipinski definition) is 11. The van der Waals surface area contributed by atoms with Crippen LogP contribution in [-0.2, 0) is 16.1 Å². The zero-order valence-corrected chi connectivity index (χ0v) is 32.8. The highest BCUT2D eigenvalue weighted by atomic mass is 16.3. The Bertz CT molecular complexity index is 1770. The van der Waals surface area contributed by atoms with Crippen LogP contribution in [0.3, 0.4) is 0 Å². The third-order valence-electron chi connectivity index (χ3n) is 9.51. The molecule has 4 amide bonds. The van der Waals surface area contributed by atoms with Gasteiger partial charge in [0, 0.05) is 48.6 Å². The van der Waals surface area contributed by atoms with Crippen LogP contribution >= 0.6 is 0 Å². The first-order valence-corrected chi connectivity index (χ1v) is 18.7. The molecule has 3 aromatic rings. The van der Waals surface area contributed by atoms with Crippen molar-refractivity contribution in [1.82, 2.24) is 26.6 Å². The number of carbonyl (C=O) groups is 4. The van der Waals surface area contributed by atoms with E-state index in [-0.39, 0.29) is 54.1 Å². The van der Waals surface area contributed by atoms with E-state index < -0.39 is 51.3 Å². The van der Waals surface area contributed by atoms with Gasteiger partial charge in [0.05, 0.1) is 11.1 Å². The highest BCUT2D eigenvalue weighted by Crippen LogP contribution is 2.37. The van der Waals surface area contributed by atoms with Gasteiger partial charge in [-0.2, -0.15) is 0 Å². The fraction of sp³-hybridized carbons (Fsp3) is 0.463. The van der Waals surface area contributed by atoms with Crippen LogP contribution in [0.4, 0.5) is 0 Å². The highest BCUT2D eigenvalue weighted by Gasteiger charge is 2.40. The van der Waals surface area contributed by atoms with Gasteiger partial charge in [-0.25, -0.2) is 0 Å². The minimum atomic E-state index is -1.04. The Labute approximate surface area is 327 Å². The summed E-state index contributed by atoms with van der Waals surface area (Å²) in [5, 5.41) is 75.1. The predicted molar refractivity (Wildman–Crippen MR) is 211 cm³/mol. The molecular formula is C41H57N5O10. The summed E-state index contributed by atoms with van der Waals surface area (Å²) in [6, 6.07) is 12.8. The molecule has 3 aromatic carbocycles. The molecule has 15 heteroatoms. The molecule has 0 aliphatic carbocycles. The molecule has 0 spiro atoms. The molecule has 0 fully saturated rings. The molecule has 0 heterocycles. The number of carbonyl (C=O) groups excluding carboxylic acids is 4. The van der Waals surface area contributed by atoms with Gasteiger partial charge in [-0.15, -0.1) is 0 Å². The van der Waals surface area contributed by atoms with E-state index in [9.17, 15) is 49.8 Å². The molecule has 3 rings (SSSR count). The van der Waals surface area contributed by atoms with Gasteiger partial charge in [-0.3, -0.25) is 19.2 Å². The molecule has 15 nitrogen and oxygen atoms in total. The Balaban J connectivity index is 1.85. The molecule has 0 aliphatic heterocycles. The van der Waals surface area contributed by atoms with Gasteiger partial charge in [-0.05, 0) is 110 Å². The Morgan fingerprint density at radius 3 is 1.48 bits per heavy atom.